The van der Waals surface area contributed by atoms with Crippen LogP contribution in [-0.4, -0.2) is 35.7 Å². The summed E-state index contributed by atoms with van der Waals surface area (Å²) in [5.41, 5.74) is 3.56. The van der Waals surface area contributed by atoms with Crippen molar-refractivity contribution < 1.29 is 8.42 Å². The first-order valence-corrected chi connectivity index (χ1v) is 8.84. The molecule has 2 aromatic rings. The number of nitrogens with zero attached hydrogens (tertiary/aromatic N) is 3. The standard InChI is InChI=1S/C14H13ClN4O2S/c1-22(20,21)19-5-4-13-11(8-19)14(18-17-13)9-2-3-12(15)10(6-9)7-16/h2-3,6H,4-5,8H2,1H3,(H,17,18). The summed E-state index contributed by atoms with van der Waals surface area (Å²) in [6.07, 6.45) is 1.79. The number of halogens is 1. The fourth-order valence-corrected chi connectivity index (χ4v) is 3.50. The summed E-state index contributed by atoms with van der Waals surface area (Å²) >= 11 is 5.95. The van der Waals surface area contributed by atoms with E-state index in [0.717, 1.165) is 16.8 Å². The number of aromatic nitrogens is 2. The maximum Gasteiger partial charge on any atom is 0.211 e. The molecule has 0 amide bonds. The fourth-order valence-electron chi connectivity index (χ4n) is 2.55. The smallest absolute Gasteiger partial charge is 0.211 e. The van der Waals surface area contributed by atoms with Gasteiger partial charge in [0.15, 0.2) is 0 Å². The van der Waals surface area contributed by atoms with Crippen molar-refractivity contribution in [2.75, 3.05) is 12.8 Å². The van der Waals surface area contributed by atoms with E-state index in [1.165, 1.54) is 10.6 Å². The van der Waals surface area contributed by atoms with Gasteiger partial charge < -0.3 is 0 Å². The van der Waals surface area contributed by atoms with Crippen LogP contribution in [0.5, 0.6) is 0 Å². The summed E-state index contributed by atoms with van der Waals surface area (Å²) < 4.78 is 24.9. The number of H-pyrrole nitrogens is 1. The lowest BCUT2D eigenvalue weighted by molar-refractivity contribution is 0.394. The van der Waals surface area contributed by atoms with Crippen LogP contribution in [-0.2, 0) is 23.0 Å². The first kappa shape index (κ1) is 15.0. The maximum atomic E-state index is 11.7. The number of nitriles is 1. The minimum absolute atomic E-state index is 0.282. The van der Waals surface area contributed by atoms with Crippen LogP contribution in [0.25, 0.3) is 11.3 Å². The molecule has 114 valence electrons. The van der Waals surface area contributed by atoms with Crippen molar-refractivity contribution in [2.24, 2.45) is 0 Å². The van der Waals surface area contributed by atoms with Gasteiger partial charge in [0.2, 0.25) is 10.0 Å². The molecule has 1 aliphatic rings. The molecule has 0 bridgehead atoms. The average Bonchev–Trinajstić information content (AvgIpc) is 2.90. The number of fused-ring (bicyclic) bond motifs is 1. The van der Waals surface area contributed by atoms with Crippen molar-refractivity contribution in [3.05, 3.63) is 40.0 Å². The lowest BCUT2D eigenvalue weighted by Gasteiger charge is -2.24. The van der Waals surface area contributed by atoms with Crippen LogP contribution < -0.4 is 0 Å². The summed E-state index contributed by atoms with van der Waals surface area (Å²) in [6.45, 7) is 0.724. The topological polar surface area (TPSA) is 89.8 Å². The molecule has 0 unspecified atom stereocenters. The molecule has 1 aliphatic heterocycles. The first-order valence-electron chi connectivity index (χ1n) is 6.61. The van der Waals surface area contributed by atoms with E-state index < -0.39 is 10.0 Å². The summed E-state index contributed by atoms with van der Waals surface area (Å²) in [5.74, 6) is 0. The minimum atomic E-state index is -3.25. The molecule has 0 aliphatic carbocycles. The Labute approximate surface area is 133 Å². The third kappa shape index (κ3) is 2.61. The van der Waals surface area contributed by atoms with Gasteiger partial charge in [0, 0.05) is 36.3 Å². The summed E-state index contributed by atoms with van der Waals surface area (Å²) in [5, 5.41) is 16.7. The molecule has 2 heterocycles. The monoisotopic (exact) mass is 336 g/mol. The maximum absolute atomic E-state index is 11.7. The SMILES string of the molecule is CS(=O)(=O)N1CCc2[nH]nc(-c3ccc(Cl)c(C#N)c3)c2C1. The Morgan fingerprint density at radius 3 is 2.91 bits per heavy atom. The van der Waals surface area contributed by atoms with Gasteiger partial charge >= 0.3 is 0 Å². The number of hydrogen-bond acceptors (Lipinski definition) is 4. The zero-order valence-electron chi connectivity index (χ0n) is 11.8. The van der Waals surface area contributed by atoms with Crippen molar-refractivity contribution in [1.82, 2.24) is 14.5 Å². The zero-order chi connectivity index (χ0) is 15.9. The number of aromatic amines is 1. The van der Waals surface area contributed by atoms with Gasteiger partial charge in [0.05, 0.1) is 22.5 Å². The van der Waals surface area contributed by atoms with Gasteiger partial charge in [-0.3, -0.25) is 5.10 Å². The molecule has 1 N–H and O–H groups in total. The van der Waals surface area contributed by atoms with Gasteiger partial charge in [-0.25, -0.2) is 8.42 Å². The first-order chi connectivity index (χ1) is 10.4. The highest BCUT2D eigenvalue weighted by atomic mass is 35.5. The molecule has 0 saturated heterocycles. The molecule has 1 aromatic heterocycles. The normalized spacial score (nSPS) is 15.3. The molecule has 0 fully saturated rings. The Hall–Kier alpha value is -1.88. The predicted octanol–water partition coefficient (Wildman–Crippen LogP) is 1.92. The molecular weight excluding hydrogens is 324 g/mol. The van der Waals surface area contributed by atoms with Gasteiger partial charge in [0.25, 0.3) is 0 Å². The largest absolute Gasteiger partial charge is 0.282 e. The van der Waals surface area contributed by atoms with Crippen LogP contribution in [0.4, 0.5) is 0 Å². The third-order valence-electron chi connectivity index (χ3n) is 3.73. The Morgan fingerprint density at radius 1 is 1.45 bits per heavy atom. The zero-order valence-corrected chi connectivity index (χ0v) is 13.4. The highest BCUT2D eigenvalue weighted by Gasteiger charge is 2.27. The van der Waals surface area contributed by atoms with Crippen LogP contribution in [0.3, 0.4) is 0 Å². The molecule has 0 atom stereocenters. The van der Waals surface area contributed by atoms with Gasteiger partial charge in [0.1, 0.15) is 6.07 Å². The fraction of sp³-hybridized carbons (Fsp3) is 0.286. The molecular formula is C14H13ClN4O2S. The van der Waals surface area contributed by atoms with E-state index in [2.05, 4.69) is 10.2 Å². The van der Waals surface area contributed by atoms with Crippen LogP contribution >= 0.6 is 11.6 Å². The molecule has 6 nitrogen and oxygen atoms in total. The average molecular weight is 337 g/mol. The molecule has 1 aromatic carbocycles. The van der Waals surface area contributed by atoms with Crippen LogP contribution in [0.15, 0.2) is 18.2 Å². The number of benzene rings is 1. The second-order valence-corrected chi connectivity index (χ2v) is 7.57. The Bertz CT molecular complexity index is 883. The summed E-state index contributed by atoms with van der Waals surface area (Å²) in [4.78, 5) is 0. The lowest BCUT2D eigenvalue weighted by atomic mass is 10.0. The number of sulfonamides is 1. The quantitative estimate of drug-likeness (QED) is 0.907. The van der Waals surface area contributed by atoms with Gasteiger partial charge in [-0.15, -0.1) is 0 Å². The van der Waals surface area contributed by atoms with Crippen LogP contribution in [0, 0.1) is 11.3 Å². The Morgan fingerprint density at radius 2 is 2.23 bits per heavy atom. The number of hydrogen-bond donors (Lipinski definition) is 1. The van der Waals surface area contributed by atoms with Crippen molar-refractivity contribution in [2.45, 2.75) is 13.0 Å². The van der Waals surface area contributed by atoms with Gasteiger partial charge in [-0.1, -0.05) is 17.7 Å². The minimum Gasteiger partial charge on any atom is -0.282 e. The van der Waals surface area contributed by atoms with Crippen LogP contribution in [0.1, 0.15) is 16.8 Å². The predicted molar refractivity (Wildman–Crippen MR) is 82.7 cm³/mol. The molecule has 0 radical (unpaired) electrons. The van der Waals surface area contributed by atoms with Crippen LogP contribution in [0.2, 0.25) is 5.02 Å². The van der Waals surface area contributed by atoms with E-state index in [1.807, 2.05) is 6.07 Å². The molecule has 0 spiro atoms. The van der Waals surface area contributed by atoms with E-state index in [0.29, 0.717) is 29.2 Å². The van der Waals surface area contributed by atoms with Crippen molar-refractivity contribution in [3.63, 3.8) is 0 Å². The third-order valence-corrected chi connectivity index (χ3v) is 5.31. The van der Waals surface area contributed by atoms with E-state index >= 15 is 0 Å². The Kier molecular flexibility index (Phi) is 3.68. The second kappa shape index (κ2) is 5.39. The van der Waals surface area contributed by atoms with Gasteiger partial charge in [-0.2, -0.15) is 14.7 Å². The molecule has 22 heavy (non-hydrogen) atoms. The van der Waals surface area contributed by atoms with Crippen molar-refractivity contribution in [3.8, 4) is 17.3 Å². The second-order valence-electron chi connectivity index (χ2n) is 5.18. The van der Waals surface area contributed by atoms with Crippen molar-refractivity contribution in [1.29, 1.82) is 5.26 Å². The molecule has 8 heteroatoms. The highest BCUT2D eigenvalue weighted by Crippen LogP contribution is 2.31. The summed E-state index contributed by atoms with van der Waals surface area (Å²) in [6, 6.07) is 7.12. The molecule has 3 rings (SSSR count). The lowest BCUT2D eigenvalue weighted by Crippen LogP contribution is -2.35. The highest BCUT2D eigenvalue weighted by molar-refractivity contribution is 7.88. The Balaban J connectivity index is 2.05. The number of nitrogens with one attached hydrogen (secondary N) is 1. The molecule has 0 saturated carbocycles. The summed E-state index contributed by atoms with van der Waals surface area (Å²) in [7, 11) is -3.25. The van der Waals surface area contributed by atoms with Gasteiger partial charge in [-0.05, 0) is 12.1 Å². The van der Waals surface area contributed by atoms with E-state index in [4.69, 9.17) is 16.9 Å². The van der Waals surface area contributed by atoms with E-state index in [-0.39, 0.29) is 6.54 Å². The van der Waals surface area contributed by atoms with Crippen molar-refractivity contribution >= 4 is 21.6 Å². The van der Waals surface area contributed by atoms with E-state index in [1.54, 1.807) is 18.2 Å². The van der Waals surface area contributed by atoms with E-state index in [9.17, 15) is 8.42 Å². The number of rotatable bonds is 2.